The summed E-state index contributed by atoms with van der Waals surface area (Å²) in [5.41, 5.74) is -0.943. The molecule has 0 radical (unpaired) electrons. The third kappa shape index (κ3) is 1.99. The van der Waals surface area contributed by atoms with Crippen molar-refractivity contribution < 1.29 is 14.6 Å². The Balaban J connectivity index is 2.98. The van der Waals surface area contributed by atoms with Crippen LogP contribution in [0.3, 0.4) is 0 Å². The number of methoxy groups -OCH3 is 1. The van der Waals surface area contributed by atoms with Crippen molar-refractivity contribution in [2.24, 2.45) is 7.05 Å². The fourth-order valence-electron chi connectivity index (χ4n) is 1.96. The summed E-state index contributed by atoms with van der Waals surface area (Å²) in [5, 5.41) is 8.95. The van der Waals surface area contributed by atoms with Gasteiger partial charge >= 0.3 is 11.7 Å². The maximum Gasteiger partial charge on any atom is 0.331 e. The van der Waals surface area contributed by atoms with Gasteiger partial charge < -0.3 is 9.84 Å². The molecule has 2 aromatic rings. The van der Waals surface area contributed by atoms with Crippen LogP contribution in [0.5, 0.6) is 5.75 Å². The number of aromatic nitrogens is 2. The molecule has 0 aliphatic carbocycles. The second-order valence-corrected chi connectivity index (χ2v) is 3.98. The van der Waals surface area contributed by atoms with Gasteiger partial charge in [0.1, 0.15) is 17.7 Å². The van der Waals surface area contributed by atoms with E-state index in [1.54, 1.807) is 18.2 Å². The van der Waals surface area contributed by atoms with Crippen molar-refractivity contribution in [1.82, 2.24) is 9.13 Å². The van der Waals surface area contributed by atoms with Crippen LogP contribution in [0.4, 0.5) is 0 Å². The van der Waals surface area contributed by atoms with Crippen LogP contribution in [-0.4, -0.2) is 27.3 Å². The molecule has 0 atom stereocenters. The van der Waals surface area contributed by atoms with Gasteiger partial charge in [-0.25, -0.2) is 9.36 Å². The Morgan fingerprint density at radius 1 is 1.37 bits per heavy atom. The number of carboxylic acid groups (broad SMARTS) is 1. The van der Waals surface area contributed by atoms with Crippen molar-refractivity contribution in [1.29, 1.82) is 0 Å². The van der Waals surface area contributed by atoms with Crippen molar-refractivity contribution in [3.8, 4) is 5.75 Å². The van der Waals surface area contributed by atoms with Gasteiger partial charge in [0, 0.05) is 7.05 Å². The molecule has 19 heavy (non-hydrogen) atoms. The van der Waals surface area contributed by atoms with Gasteiger partial charge in [0.2, 0.25) is 0 Å². The Morgan fingerprint density at radius 2 is 2.05 bits per heavy atom. The minimum Gasteiger partial charge on any atom is -0.496 e. The molecule has 0 fully saturated rings. The summed E-state index contributed by atoms with van der Waals surface area (Å²) in [6, 6.07) is 4.84. The standard InChI is InChI=1S/C12H12N2O5/c1-13-7-4-3-5-8(19-2)10(7)11(17)14(12(13)18)6-9(15)16/h3-5H,6H2,1-2H3,(H,15,16). The second-order valence-electron chi connectivity index (χ2n) is 3.98. The highest BCUT2D eigenvalue weighted by Gasteiger charge is 2.15. The zero-order valence-electron chi connectivity index (χ0n) is 10.4. The summed E-state index contributed by atoms with van der Waals surface area (Å²) >= 11 is 0. The SMILES string of the molecule is COc1cccc2c1c(=O)n(CC(=O)O)c(=O)n2C. The van der Waals surface area contributed by atoms with E-state index in [1.165, 1.54) is 18.7 Å². The molecule has 7 nitrogen and oxygen atoms in total. The lowest BCUT2D eigenvalue weighted by molar-refractivity contribution is -0.137. The molecule has 0 amide bonds. The zero-order valence-corrected chi connectivity index (χ0v) is 10.4. The van der Waals surface area contributed by atoms with E-state index in [9.17, 15) is 14.4 Å². The van der Waals surface area contributed by atoms with Crippen LogP contribution < -0.4 is 16.0 Å². The molecule has 2 rings (SSSR count). The number of nitrogens with zero attached hydrogens (tertiary/aromatic N) is 2. The highest BCUT2D eigenvalue weighted by atomic mass is 16.5. The number of ether oxygens (including phenoxy) is 1. The highest BCUT2D eigenvalue weighted by Crippen LogP contribution is 2.20. The Bertz CT molecular complexity index is 772. The topological polar surface area (TPSA) is 90.5 Å². The number of hydrogen-bond acceptors (Lipinski definition) is 4. The van der Waals surface area contributed by atoms with Crippen molar-refractivity contribution in [3.05, 3.63) is 39.0 Å². The highest BCUT2D eigenvalue weighted by molar-refractivity contribution is 5.84. The molecule has 1 heterocycles. The smallest absolute Gasteiger partial charge is 0.331 e. The normalized spacial score (nSPS) is 10.6. The summed E-state index contributed by atoms with van der Waals surface area (Å²) < 4.78 is 6.99. The zero-order chi connectivity index (χ0) is 14.2. The van der Waals surface area contributed by atoms with E-state index < -0.39 is 23.8 Å². The molecule has 1 N–H and O–H groups in total. The van der Waals surface area contributed by atoms with Crippen molar-refractivity contribution in [2.75, 3.05) is 7.11 Å². The minimum atomic E-state index is -1.26. The van der Waals surface area contributed by atoms with Gasteiger partial charge in [-0.1, -0.05) is 6.07 Å². The fourth-order valence-corrected chi connectivity index (χ4v) is 1.96. The Morgan fingerprint density at radius 3 is 2.63 bits per heavy atom. The largest absolute Gasteiger partial charge is 0.496 e. The third-order valence-corrected chi connectivity index (χ3v) is 2.86. The van der Waals surface area contributed by atoms with Crippen LogP contribution in [0.15, 0.2) is 27.8 Å². The van der Waals surface area contributed by atoms with E-state index in [2.05, 4.69) is 0 Å². The maximum absolute atomic E-state index is 12.2. The lowest BCUT2D eigenvalue weighted by atomic mass is 10.2. The number of rotatable bonds is 3. The lowest BCUT2D eigenvalue weighted by Gasteiger charge is -2.11. The summed E-state index contributed by atoms with van der Waals surface area (Å²) in [7, 11) is 2.88. The molecule has 100 valence electrons. The van der Waals surface area contributed by atoms with Gasteiger partial charge in [0.15, 0.2) is 0 Å². The summed E-state index contributed by atoms with van der Waals surface area (Å²) in [4.78, 5) is 34.9. The predicted octanol–water partition coefficient (Wildman–Crippen LogP) is -0.207. The first-order valence-corrected chi connectivity index (χ1v) is 5.45. The third-order valence-electron chi connectivity index (χ3n) is 2.86. The predicted molar refractivity (Wildman–Crippen MR) is 67.6 cm³/mol. The van der Waals surface area contributed by atoms with E-state index in [1.807, 2.05) is 0 Å². The van der Waals surface area contributed by atoms with Gasteiger partial charge in [0.05, 0.1) is 12.6 Å². The quantitative estimate of drug-likeness (QED) is 0.828. The van der Waals surface area contributed by atoms with Crippen molar-refractivity contribution in [2.45, 2.75) is 6.54 Å². The van der Waals surface area contributed by atoms with E-state index in [-0.39, 0.29) is 5.39 Å². The molecule has 1 aromatic carbocycles. The maximum atomic E-state index is 12.2. The van der Waals surface area contributed by atoms with Crippen molar-refractivity contribution >= 4 is 16.9 Å². The number of benzene rings is 1. The molecule has 7 heteroatoms. The van der Waals surface area contributed by atoms with Crippen LogP contribution in [0.1, 0.15) is 0 Å². The number of carbonyl (C=O) groups is 1. The van der Waals surface area contributed by atoms with Crippen LogP contribution in [-0.2, 0) is 18.4 Å². The Kier molecular flexibility index (Phi) is 3.12. The fraction of sp³-hybridized carbons (Fsp3) is 0.250. The first-order chi connectivity index (χ1) is 8.97. The summed E-state index contributed by atoms with van der Waals surface area (Å²) in [6.45, 7) is -0.681. The van der Waals surface area contributed by atoms with Crippen LogP contribution in [0.25, 0.3) is 10.9 Å². The van der Waals surface area contributed by atoms with Crippen LogP contribution >= 0.6 is 0 Å². The van der Waals surface area contributed by atoms with Gasteiger partial charge in [-0.15, -0.1) is 0 Å². The van der Waals surface area contributed by atoms with E-state index in [4.69, 9.17) is 9.84 Å². The molecular weight excluding hydrogens is 252 g/mol. The Labute approximate surface area is 107 Å². The molecule has 0 saturated carbocycles. The first kappa shape index (κ1) is 12.9. The summed E-state index contributed by atoms with van der Waals surface area (Å²) in [6.07, 6.45) is 0. The molecule has 0 aliphatic heterocycles. The van der Waals surface area contributed by atoms with Gasteiger partial charge in [-0.2, -0.15) is 0 Å². The number of aliphatic carboxylic acids is 1. The number of aryl methyl sites for hydroxylation is 1. The Hall–Kier alpha value is -2.57. The molecule has 0 bridgehead atoms. The van der Waals surface area contributed by atoms with E-state index in [0.717, 1.165) is 0 Å². The molecule has 1 aromatic heterocycles. The molecule has 0 saturated heterocycles. The van der Waals surface area contributed by atoms with Gasteiger partial charge in [-0.3, -0.25) is 14.2 Å². The van der Waals surface area contributed by atoms with E-state index in [0.29, 0.717) is 15.8 Å². The minimum absolute atomic E-state index is 0.188. The van der Waals surface area contributed by atoms with E-state index >= 15 is 0 Å². The number of carboxylic acids is 1. The second kappa shape index (κ2) is 4.60. The number of fused-ring (bicyclic) bond motifs is 1. The van der Waals surface area contributed by atoms with Crippen LogP contribution in [0, 0.1) is 0 Å². The van der Waals surface area contributed by atoms with Gasteiger partial charge in [-0.05, 0) is 12.1 Å². The van der Waals surface area contributed by atoms with Crippen LogP contribution in [0.2, 0.25) is 0 Å². The average molecular weight is 264 g/mol. The molecule has 0 unspecified atom stereocenters. The monoisotopic (exact) mass is 264 g/mol. The summed E-state index contributed by atoms with van der Waals surface area (Å²) in [5.74, 6) is -0.953. The first-order valence-electron chi connectivity index (χ1n) is 5.45. The lowest BCUT2D eigenvalue weighted by Crippen LogP contribution is -2.40. The molecule has 0 aliphatic rings. The number of hydrogen-bond donors (Lipinski definition) is 1. The molecular formula is C12H12N2O5. The van der Waals surface area contributed by atoms with Crippen molar-refractivity contribution in [3.63, 3.8) is 0 Å². The molecule has 0 spiro atoms. The average Bonchev–Trinajstić information content (AvgIpc) is 2.40. The van der Waals surface area contributed by atoms with Gasteiger partial charge in [0.25, 0.3) is 5.56 Å².